The molecule has 0 spiro atoms. The lowest BCUT2D eigenvalue weighted by molar-refractivity contribution is 1.08. The van der Waals surface area contributed by atoms with Gasteiger partial charge in [0.15, 0.2) is 0 Å². The minimum absolute atomic E-state index is 0.534. The Bertz CT molecular complexity index is 496. The molecule has 1 aromatic heterocycles. The molecular formula is C11H10Cl2N2S. The summed E-state index contributed by atoms with van der Waals surface area (Å²) in [4.78, 5) is 5.38. The van der Waals surface area contributed by atoms with E-state index < -0.39 is 0 Å². The zero-order valence-corrected chi connectivity index (χ0v) is 10.7. The highest BCUT2D eigenvalue weighted by Gasteiger charge is 2.06. The Hall–Kier alpha value is -0.610. The quantitative estimate of drug-likeness (QED) is 0.929. The van der Waals surface area contributed by atoms with Gasteiger partial charge in [0, 0.05) is 34.1 Å². The zero-order chi connectivity index (χ0) is 11.5. The fourth-order valence-electron chi connectivity index (χ4n) is 1.35. The van der Waals surface area contributed by atoms with Crippen LogP contribution in [-0.2, 0) is 13.0 Å². The van der Waals surface area contributed by atoms with Gasteiger partial charge in [-0.15, -0.1) is 11.3 Å². The number of halogens is 2. The third-order valence-corrected chi connectivity index (χ3v) is 3.77. The van der Waals surface area contributed by atoms with E-state index in [1.807, 2.05) is 18.3 Å². The molecule has 0 aliphatic rings. The third kappa shape index (κ3) is 2.74. The SMILES string of the molecule is NCc1cnc(Cc2ccc(Cl)cc2Cl)s1. The number of aromatic nitrogens is 1. The molecule has 84 valence electrons. The predicted octanol–water partition coefficient (Wildman–Crippen LogP) is 3.50. The smallest absolute Gasteiger partial charge is 0.0972 e. The first kappa shape index (κ1) is 11.9. The van der Waals surface area contributed by atoms with Crippen LogP contribution >= 0.6 is 34.5 Å². The van der Waals surface area contributed by atoms with Crippen LogP contribution in [0, 0.1) is 0 Å². The first-order chi connectivity index (χ1) is 7.69. The third-order valence-electron chi connectivity index (χ3n) is 2.16. The lowest BCUT2D eigenvalue weighted by atomic mass is 10.1. The Morgan fingerprint density at radius 1 is 1.31 bits per heavy atom. The predicted molar refractivity (Wildman–Crippen MR) is 69.3 cm³/mol. The Morgan fingerprint density at radius 3 is 2.75 bits per heavy atom. The topological polar surface area (TPSA) is 38.9 Å². The van der Waals surface area contributed by atoms with Gasteiger partial charge in [0.25, 0.3) is 0 Å². The molecule has 5 heteroatoms. The first-order valence-corrected chi connectivity index (χ1v) is 6.34. The van der Waals surface area contributed by atoms with E-state index in [0.29, 0.717) is 16.6 Å². The summed E-state index contributed by atoms with van der Waals surface area (Å²) >= 11 is 13.5. The van der Waals surface area contributed by atoms with Gasteiger partial charge in [-0.25, -0.2) is 4.98 Å². The van der Waals surface area contributed by atoms with Crippen molar-refractivity contribution in [3.8, 4) is 0 Å². The van der Waals surface area contributed by atoms with E-state index in [1.165, 1.54) is 0 Å². The van der Waals surface area contributed by atoms with Crippen molar-refractivity contribution >= 4 is 34.5 Å². The Balaban J connectivity index is 2.20. The summed E-state index contributed by atoms with van der Waals surface area (Å²) in [5.74, 6) is 0. The Morgan fingerprint density at radius 2 is 2.12 bits per heavy atom. The monoisotopic (exact) mass is 272 g/mol. The molecule has 0 unspecified atom stereocenters. The number of hydrogen-bond donors (Lipinski definition) is 1. The number of nitrogens with zero attached hydrogens (tertiary/aromatic N) is 1. The normalized spacial score (nSPS) is 10.7. The Labute approximate surface area is 108 Å². The minimum atomic E-state index is 0.534. The van der Waals surface area contributed by atoms with Crippen LogP contribution < -0.4 is 5.73 Å². The molecule has 0 amide bonds. The van der Waals surface area contributed by atoms with E-state index in [-0.39, 0.29) is 0 Å². The Kier molecular flexibility index (Phi) is 3.82. The molecule has 2 rings (SSSR count). The first-order valence-electron chi connectivity index (χ1n) is 4.76. The van der Waals surface area contributed by atoms with Crippen molar-refractivity contribution in [2.45, 2.75) is 13.0 Å². The maximum atomic E-state index is 6.09. The summed E-state index contributed by atoms with van der Waals surface area (Å²) in [5, 5.41) is 2.34. The van der Waals surface area contributed by atoms with Gasteiger partial charge in [-0.05, 0) is 17.7 Å². The summed E-state index contributed by atoms with van der Waals surface area (Å²) in [6.07, 6.45) is 2.53. The van der Waals surface area contributed by atoms with Crippen molar-refractivity contribution in [3.05, 3.63) is 49.9 Å². The van der Waals surface area contributed by atoms with Crippen LogP contribution in [0.4, 0.5) is 0 Å². The zero-order valence-electron chi connectivity index (χ0n) is 8.41. The van der Waals surface area contributed by atoms with E-state index in [1.54, 1.807) is 17.4 Å². The molecule has 0 aliphatic carbocycles. The molecule has 1 heterocycles. The van der Waals surface area contributed by atoms with Crippen LogP contribution in [0.1, 0.15) is 15.4 Å². The summed E-state index contributed by atoms with van der Waals surface area (Å²) in [6, 6.07) is 5.50. The molecule has 2 nitrogen and oxygen atoms in total. The van der Waals surface area contributed by atoms with E-state index in [4.69, 9.17) is 28.9 Å². The second-order valence-corrected chi connectivity index (χ2v) is 5.38. The maximum Gasteiger partial charge on any atom is 0.0972 e. The van der Waals surface area contributed by atoms with E-state index in [9.17, 15) is 0 Å². The molecule has 0 fully saturated rings. The summed E-state index contributed by atoms with van der Waals surface area (Å²) in [7, 11) is 0. The van der Waals surface area contributed by atoms with Crippen molar-refractivity contribution in [2.24, 2.45) is 5.73 Å². The second-order valence-electron chi connectivity index (χ2n) is 3.34. The van der Waals surface area contributed by atoms with Gasteiger partial charge < -0.3 is 5.73 Å². The maximum absolute atomic E-state index is 6.09. The van der Waals surface area contributed by atoms with Crippen LogP contribution in [0.15, 0.2) is 24.4 Å². The van der Waals surface area contributed by atoms with Crippen molar-refractivity contribution in [3.63, 3.8) is 0 Å². The average molecular weight is 273 g/mol. The highest BCUT2D eigenvalue weighted by atomic mass is 35.5. The standard InChI is InChI=1S/C11H10Cl2N2S/c12-8-2-1-7(10(13)4-8)3-11-15-6-9(5-14)16-11/h1-2,4,6H,3,5,14H2. The van der Waals surface area contributed by atoms with Crippen molar-refractivity contribution in [2.75, 3.05) is 0 Å². The molecule has 2 N–H and O–H groups in total. The molecule has 1 aromatic carbocycles. The molecule has 0 bridgehead atoms. The van der Waals surface area contributed by atoms with Crippen molar-refractivity contribution < 1.29 is 0 Å². The number of thiazole rings is 1. The molecule has 0 saturated heterocycles. The van der Waals surface area contributed by atoms with Gasteiger partial charge in [0.05, 0.1) is 5.01 Å². The number of hydrogen-bond acceptors (Lipinski definition) is 3. The summed E-state index contributed by atoms with van der Waals surface area (Å²) in [6.45, 7) is 0.534. The van der Waals surface area contributed by atoms with Crippen LogP contribution in [0.25, 0.3) is 0 Å². The highest BCUT2D eigenvalue weighted by molar-refractivity contribution is 7.11. The van der Waals surface area contributed by atoms with E-state index in [2.05, 4.69) is 4.98 Å². The summed E-state index contributed by atoms with van der Waals surface area (Å²) in [5.41, 5.74) is 6.56. The van der Waals surface area contributed by atoms with Gasteiger partial charge in [-0.3, -0.25) is 0 Å². The minimum Gasteiger partial charge on any atom is -0.326 e. The van der Waals surface area contributed by atoms with E-state index >= 15 is 0 Å². The van der Waals surface area contributed by atoms with Gasteiger partial charge in [-0.2, -0.15) is 0 Å². The van der Waals surface area contributed by atoms with Crippen LogP contribution in [-0.4, -0.2) is 4.98 Å². The van der Waals surface area contributed by atoms with Gasteiger partial charge in [0.1, 0.15) is 0 Å². The fraction of sp³-hybridized carbons (Fsp3) is 0.182. The van der Waals surface area contributed by atoms with E-state index in [0.717, 1.165) is 21.9 Å². The van der Waals surface area contributed by atoms with Gasteiger partial charge >= 0.3 is 0 Å². The molecule has 0 atom stereocenters. The number of nitrogens with two attached hydrogens (primary N) is 1. The highest BCUT2D eigenvalue weighted by Crippen LogP contribution is 2.24. The molecular weight excluding hydrogens is 263 g/mol. The van der Waals surface area contributed by atoms with Crippen LogP contribution in [0.2, 0.25) is 10.0 Å². The molecule has 16 heavy (non-hydrogen) atoms. The number of benzene rings is 1. The second kappa shape index (κ2) is 5.15. The number of rotatable bonds is 3. The lowest BCUT2D eigenvalue weighted by Gasteiger charge is -2.01. The van der Waals surface area contributed by atoms with Crippen LogP contribution in [0.3, 0.4) is 0 Å². The lowest BCUT2D eigenvalue weighted by Crippen LogP contribution is -1.91. The molecule has 0 aliphatic heterocycles. The van der Waals surface area contributed by atoms with Gasteiger partial charge in [-0.1, -0.05) is 29.3 Å². The largest absolute Gasteiger partial charge is 0.326 e. The van der Waals surface area contributed by atoms with Crippen molar-refractivity contribution in [1.82, 2.24) is 4.98 Å². The molecule has 0 radical (unpaired) electrons. The van der Waals surface area contributed by atoms with Crippen molar-refractivity contribution in [1.29, 1.82) is 0 Å². The fourth-order valence-corrected chi connectivity index (χ4v) is 2.65. The van der Waals surface area contributed by atoms with Gasteiger partial charge in [0.2, 0.25) is 0 Å². The molecule has 2 aromatic rings. The van der Waals surface area contributed by atoms with Crippen LogP contribution in [0.5, 0.6) is 0 Å². The average Bonchev–Trinajstić information content (AvgIpc) is 2.70. The summed E-state index contributed by atoms with van der Waals surface area (Å²) < 4.78 is 0. The molecule has 0 saturated carbocycles.